The van der Waals surface area contributed by atoms with Gasteiger partial charge in [0.2, 0.25) is 0 Å². The van der Waals surface area contributed by atoms with Crippen molar-refractivity contribution >= 4 is 6.03 Å². The summed E-state index contributed by atoms with van der Waals surface area (Å²) in [6.07, 6.45) is 2.32. The quantitative estimate of drug-likeness (QED) is 0.789. The Balaban J connectivity index is 2.45. The summed E-state index contributed by atoms with van der Waals surface area (Å²) in [5, 5.41) is 0. The zero-order valence-corrected chi connectivity index (χ0v) is 12.8. The van der Waals surface area contributed by atoms with Crippen molar-refractivity contribution in [3.8, 4) is 0 Å². The molecule has 1 aliphatic rings. The standard InChI is InChI=1S/C14H30N4O/c1-4-7-13(12-15)17-8-10-18(11-9-17)14(19)16(5-2)6-3/h13H,4-12,15H2,1-3H3. The maximum atomic E-state index is 12.2. The van der Waals surface area contributed by atoms with Crippen LogP contribution in [0.4, 0.5) is 4.79 Å². The minimum Gasteiger partial charge on any atom is -0.329 e. The second-order valence-corrected chi connectivity index (χ2v) is 5.16. The Kier molecular flexibility index (Phi) is 7.16. The van der Waals surface area contributed by atoms with Crippen molar-refractivity contribution in [1.82, 2.24) is 14.7 Å². The Morgan fingerprint density at radius 1 is 1.16 bits per heavy atom. The van der Waals surface area contributed by atoms with E-state index in [0.717, 1.165) is 52.2 Å². The minimum atomic E-state index is 0.185. The normalized spacial score (nSPS) is 18.4. The third-order valence-corrected chi connectivity index (χ3v) is 4.03. The Hall–Kier alpha value is -0.810. The van der Waals surface area contributed by atoms with Crippen molar-refractivity contribution in [2.24, 2.45) is 5.73 Å². The first kappa shape index (κ1) is 16.2. The number of carbonyl (C=O) groups is 1. The van der Waals surface area contributed by atoms with Gasteiger partial charge >= 0.3 is 6.03 Å². The molecule has 0 spiro atoms. The second-order valence-electron chi connectivity index (χ2n) is 5.16. The third kappa shape index (κ3) is 4.35. The molecule has 0 aliphatic carbocycles. The van der Waals surface area contributed by atoms with Gasteiger partial charge in [0.25, 0.3) is 0 Å². The van der Waals surface area contributed by atoms with Gasteiger partial charge in [0, 0.05) is 51.9 Å². The van der Waals surface area contributed by atoms with E-state index in [-0.39, 0.29) is 6.03 Å². The zero-order valence-electron chi connectivity index (χ0n) is 12.8. The van der Waals surface area contributed by atoms with E-state index in [1.54, 1.807) is 0 Å². The number of urea groups is 1. The molecule has 5 nitrogen and oxygen atoms in total. The van der Waals surface area contributed by atoms with E-state index in [9.17, 15) is 4.79 Å². The van der Waals surface area contributed by atoms with E-state index in [2.05, 4.69) is 11.8 Å². The smallest absolute Gasteiger partial charge is 0.320 e. The summed E-state index contributed by atoms with van der Waals surface area (Å²) in [6, 6.07) is 0.667. The van der Waals surface area contributed by atoms with E-state index >= 15 is 0 Å². The summed E-state index contributed by atoms with van der Waals surface area (Å²) in [6.45, 7) is 12.1. The molecule has 1 heterocycles. The van der Waals surface area contributed by atoms with Crippen LogP contribution in [0.1, 0.15) is 33.6 Å². The number of rotatable bonds is 6. The Labute approximate surface area is 117 Å². The Bertz CT molecular complexity index is 260. The van der Waals surface area contributed by atoms with Gasteiger partial charge in [-0.1, -0.05) is 13.3 Å². The van der Waals surface area contributed by atoms with Crippen LogP contribution in [0.25, 0.3) is 0 Å². The van der Waals surface area contributed by atoms with Crippen molar-refractivity contribution in [1.29, 1.82) is 0 Å². The summed E-state index contributed by atoms with van der Waals surface area (Å²) in [7, 11) is 0. The molecule has 2 N–H and O–H groups in total. The molecule has 112 valence electrons. The lowest BCUT2D eigenvalue weighted by Gasteiger charge is -2.40. The fourth-order valence-corrected chi connectivity index (χ4v) is 2.76. The molecule has 5 heteroatoms. The number of hydrogen-bond donors (Lipinski definition) is 1. The first-order valence-electron chi connectivity index (χ1n) is 7.65. The maximum absolute atomic E-state index is 12.2. The molecular formula is C14H30N4O. The number of piperazine rings is 1. The van der Waals surface area contributed by atoms with E-state index in [1.807, 2.05) is 23.6 Å². The number of nitrogens with zero attached hydrogens (tertiary/aromatic N) is 3. The van der Waals surface area contributed by atoms with Crippen molar-refractivity contribution in [3.05, 3.63) is 0 Å². The number of carbonyl (C=O) groups excluding carboxylic acids is 1. The molecule has 1 unspecified atom stereocenters. The lowest BCUT2D eigenvalue weighted by Crippen LogP contribution is -2.56. The highest BCUT2D eigenvalue weighted by molar-refractivity contribution is 5.74. The molecule has 1 rings (SSSR count). The molecule has 0 bridgehead atoms. The summed E-state index contributed by atoms with van der Waals surface area (Å²) < 4.78 is 0. The molecule has 0 aromatic rings. The number of nitrogens with two attached hydrogens (primary N) is 1. The van der Waals surface area contributed by atoms with Crippen LogP contribution in [0, 0.1) is 0 Å². The number of amides is 2. The maximum Gasteiger partial charge on any atom is 0.320 e. The average Bonchev–Trinajstić information content (AvgIpc) is 2.46. The number of hydrogen-bond acceptors (Lipinski definition) is 3. The van der Waals surface area contributed by atoms with Crippen molar-refractivity contribution in [2.45, 2.75) is 39.7 Å². The highest BCUT2D eigenvalue weighted by Crippen LogP contribution is 2.11. The molecule has 1 atom stereocenters. The Morgan fingerprint density at radius 3 is 2.16 bits per heavy atom. The first-order valence-corrected chi connectivity index (χ1v) is 7.65. The predicted octanol–water partition coefficient (Wildman–Crippen LogP) is 1.19. The topological polar surface area (TPSA) is 52.8 Å². The van der Waals surface area contributed by atoms with Crippen molar-refractivity contribution in [2.75, 3.05) is 45.8 Å². The molecule has 1 saturated heterocycles. The van der Waals surface area contributed by atoms with Gasteiger partial charge in [0.05, 0.1) is 0 Å². The SMILES string of the molecule is CCCC(CN)N1CCN(C(=O)N(CC)CC)CC1. The highest BCUT2D eigenvalue weighted by atomic mass is 16.2. The van der Waals surface area contributed by atoms with Gasteiger partial charge in [-0.2, -0.15) is 0 Å². The lowest BCUT2D eigenvalue weighted by molar-refractivity contribution is 0.0912. The van der Waals surface area contributed by atoms with Crippen LogP contribution in [0.5, 0.6) is 0 Å². The van der Waals surface area contributed by atoms with Crippen LogP contribution in [-0.4, -0.2) is 72.6 Å². The Morgan fingerprint density at radius 2 is 1.74 bits per heavy atom. The van der Waals surface area contributed by atoms with E-state index < -0.39 is 0 Å². The van der Waals surface area contributed by atoms with Crippen molar-refractivity contribution < 1.29 is 4.79 Å². The van der Waals surface area contributed by atoms with Crippen LogP contribution in [0.15, 0.2) is 0 Å². The summed E-state index contributed by atoms with van der Waals surface area (Å²) >= 11 is 0. The van der Waals surface area contributed by atoms with Crippen molar-refractivity contribution in [3.63, 3.8) is 0 Å². The molecule has 0 saturated carbocycles. The molecular weight excluding hydrogens is 240 g/mol. The fraction of sp³-hybridized carbons (Fsp3) is 0.929. The van der Waals surface area contributed by atoms with Gasteiger partial charge in [0.15, 0.2) is 0 Å². The van der Waals surface area contributed by atoms with Gasteiger partial charge in [-0.3, -0.25) is 4.90 Å². The minimum absolute atomic E-state index is 0.185. The van der Waals surface area contributed by atoms with E-state index in [0.29, 0.717) is 6.04 Å². The average molecular weight is 270 g/mol. The molecule has 0 aromatic carbocycles. The van der Waals surface area contributed by atoms with Crippen LogP contribution in [-0.2, 0) is 0 Å². The van der Waals surface area contributed by atoms with Crippen LogP contribution in [0.2, 0.25) is 0 Å². The fourth-order valence-electron chi connectivity index (χ4n) is 2.76. The lowest BCUT2D eigenvalue weighted by atomic mass is 10.1. The van der Waals surface area contributed by atoms with Gasteiger partial charge < -0.3 is 15.5 Å². The highest BCUT2D eigenvalue weighted by Gasteiger charge is 2.26. The molecule has 1 aliphatic heterocycles. The van der Waals surface area contributed by atoms with Gasteiger partial charge in [0.1, 0.15) is 0 Å². The summed E-state index contributed by atoms with van der Waals surface area (Å²) in [5.41, 5.74) is 5.84. The molecule has 19 heavy (non-hydrogen) atoms. The van der Waals surface area contributed by atoms with Crippen LogP contribution < -0.4 is 5.73 Å². The molecule has 0 radical (unpaired) electrons. The van der Waals surface area contributed by atoms with E-state index in [4.69, 9.17) is 5.73 Å². The molecule has 1 fully saturated rings. The third-order valence-electron chi connectivity index (χ3n) is 4.03. The molecule has 0 aromatic heterocycles. The van der Waals surface area contributed by atoms with Crippen LogP contribution >= 0.6 is 0 Å². The van der Waals surface area contributed by atoms with Gasteiger partial charge in [-0.15, -0.1) is 0 Å². The zero-order chi connectivity index (χ0) is 14.3. The monoisotopic (exact) mass is 270 g/mol. The van der Waals surface area contributed by atoms with Gasteiger partial charge in [-0.25, -0.2) is 4.79 Å². The first-order chi connectivity index (χ1) is 9.17. The largest absolute Gasteiger partial charge is 0.329 e. The summed E-state index contributed by atoms with van der Waals surface area (Å²) in [4.78, 5) is 18.5. The van der Waals surface area contributed by atoms with E-state index in [1.165, 1.54) is 6.42 Å². The summed E-state index contributed by atoms with van der Waals surface area (Å²) in [5.74, 6) is 0. The molecule has 2 amide bonds. The van der Waals surface area contributed by atoms with Gasteiger partial charge in [-0.05, 0) is 20.3 Å². The second kappa shape index (κ2) is 8.38. The van der Waals surface area contributed by atoms with Crippen LogP contribution in [0.3, 0.4) is 0 Å². The predicted molar refractivity (Wildman–Crippen MR) is 79.2 cm³/mol.